The van der Waals surface area contributed by atoms with Crippen LogP contribution in [0.5, 0.6) is 0 Å². The molecule has 1 atom stereocenters. The van der Waals surface area contributed by atoms with Crippen LogP contribution in [0.2, 0.25) is 5.02 Å². The number of hydrogen-bond acceptors (Lipinski definition) is 2. The fraction of sp³-hybridized carbons (Fsp3) is 0.417. The van der Waals surface area contributed by atoms with Gasteiger partial charge in [-0.25, -0.2) is 0 Å². The van der Waals surface area contributed by atoms with Crippen LogP contribution >= 0.6 is 27.5 Å². The summed E-state index contributed by atoms with van der Waals surface area (Å²) < 4.78 is 0.801. The van der Waals surface area contributed by atoms with Gasteiger partial charge in [-0.05, 0) is 39.2 Å². The van der Waals surface area contributed by atoms with E-state index in [9.17, 15) is 4.79 Å². The number of nitrogens with zero attached hydrogens (tertiary/aromatic N) is 1. The molecule has 3 nitrogen and oxygen atoms in total. The summed E-state index contributed by atoms with van der Waals surface area (Å²) in [6.07, 6.45) is 0. The molecule has 1 aromatic rings. The molecule has 1 unspecified atom stereocenters. The second-order valence-electron chi connectivity index (χ2n) is 4.29. The second kappa shape index (κ2) is 6.38. The van der Waals surface area contributed by atoms with Gasteiger partial charge < -0.3 is 10.2 Å². The lowest BCUT2D eigenvalue weighted by molar-refractivity contribution is 0.0934. The lowest BCUT2D eigenvalue weighted by Crippen LogP contribution is -2.39. The maximum atomic E-state index is 11.9. The van der Waals surface area contributed by atoms with Crippen LogP contribution < -0.4 is 5.32 Å². The number of hydrogen-bond donors (Lipinski definition) is 1. The summed E-state index contributed by atoms with van der Waals surface area (Å²) in [5.74, 6) is -0.109. The van der Waals surface area contributed by atoms with Crippen molar-refractivity contribution in [1.82, 2.24) is 10.2 Å². The fourth-order valence-electron chi connectivity index (χ4n) is 1.59. The molecule has 0 heterocycles. The second-order valence-corrected chi connectivity index (χ2v) is 5.65. The maximum absolute atomic E-state index is 11.9. The summed E-state index contributed by atoms with van der Waals surface area (Å²) >= 11 is 9.21. The Balaban J connectivity index is 2.69. The summed E-state index contributed by atoms with van der Waals surface area (Å²) in [5, 5.41) is 3.47. The molecule has 0 fully saturated rings. The van der Waals surface area contributed by atoms with E-state index in [-0.39, 0.29) is 11.9 Å². The Morgan fingerprint density at radius 2 is 2.12 bits per heavy atom. The first-order valence-electron chi connectivity index (χ1n) is 5.30. The standard InChI is InChI=1S/C12H16BrClN2O/c1-8(7-16(2)3)15-12(17)9-4-10(13)6-11(14)5-9/h4-6,8H,7H2,1-3H3,(H,15,17). The van der Waals surface area contributed by atoms with Gasteiger partial charge in [-0.1, -0.05) is 27.5 Å². The quantitative estimate of drug-likeness (QED) is 0.925. The molecule has 17 heavy (non-hydrogen) atoms. The Morgan fingerprint density at radius 1 is 1.47 bits per heavy atom. The van der Waals surface area contributed by atoms with E-state index in [4.69, 9.17) is 11.6 Å². The smallest absolute Gasteiger partial charge is 0.251 e. The highest BCUT2D eigenvalue weighted by molar-refractivity contribution is 9.10. The van der Waals surface area contributed by atoms with Crippen LogP contribution in [0.25, 0.3) is 0 Å². The predicted octanol–water partition coefficient (Wildman–Crippen LogP) is 2.78. The molecule has 0 saturated carbocycles. The van der Waals surface area contributed by atoms with Crippen LogP contribution in [-0.4, -0.2) is 37.5 Å². The third-order valence-electron chi connectivity index (χ3n) is 2.14. The van der Waals surface area contributed by atoms with E-state index in [0.29, 0.717) is 10.6 Å². The molecular formula is C12H16BrClN2O. The third kappa shape index (κ3) is 5.06. The molecule has 5 heteroatoms. The van der Waals surface area contributed by atoms with E-state index >= 15 is 0 Å². The lowest BCUT2D eigenvalue weighted by atomic mass is 10.2. The van der Waals surface area contributed by atoms with Gasteiger partial charge in [0, 0.05) is 27.6 Å². The number of likely N-dealkylation sites (N-methyl/N-ethyl adjacent to an activating group) is 1. The van der Waals surface area contributed by atoms with Gasteiger partial charge in [0.05, 0.1) is 0 Å². The van der Waals surface area contributed by atoms with E-state index in [0.717, 1.165) is 11.0 Å². The molecule has 0 aliphatic rings. The van der Waals surface area contributed by atoms with Crippen molar-refractivity contribution >= 4 is 33.4 Å². The van der Waals surface area contributed by atoms with Crippen molar-refractivity contribution in [3.63, 3.8) is 0 Å². The van der Waals surface area contributed by atoms with Gasteiger partial charge in [-0.2, -0.15) is 0 Å². The molecule has 0 radical (unpaired) electrons. The molecule has 1 aromatic carbocycles. The van der Waals surface area contributed by atoms with Gasteiger partial charge in [0.25, 0.3) is 5.91 Å². The van der Waals surface area contributed by atoms with Gasteiger partial charge in [0.2, 0.25) is 0 Å². The van der Waals surface area contributed by atoms with E-state index in [1.165, 1.54) is 0 Å². The van der Waals surface area contributed by atoms with Crippen molar-refractivity contribution in [1.29, 1.82) is 0 Å². The van der Waals surface area contributed by atoms with Crippen LogP contribution in [0.15, 0.2) is 22.7 Å². The Kier molecular flexibility index (Phi) is 5.43. The average Bonchev–Trinajstić information content (AvgIpc) is 2.14. The minimum atomic E-state index is -0.109. The molecule has 1 N–H and O–H groups in total. The first-order chi connectivity index (χ1) is 7.88. The molecule has 1 rings (SSSR count). The van der Waals surface area contributed by atoms with E-state index < -0.39 is 0 Å². The maximum Gasteiger partial charge on any atom is 0.251 e. The number of amides is 1. The summed E-state index contributed by atoms with van der Waals surface area (Å²) in [6, 6.07) is 5.25. The normalized spacial score (nSPS) is 12.6. The number of rotatable bonds is 4. The Morgan fingerprint density at radius 3 is 2.65 bits per heavy atom. The lowest BCUT2D eigenvalue weighted by Gasteiger charge is -2.18. The van der Waals surface area contributed by atoms with Gasteiger partial charge in [-0.3, -0.25) is 4.79 Å². The van der Waals surface area contributed by atoms with E-state index in [1.54, 1.807) is 18.2 Å². The van der Waals surface area contributed by atoms with Crippen molar-refractivity contribution in [2.75, 3.05) is 20.6 Å². The van der Waals surface area contributed by atoms with Crippen molar-refractivity contribution in [2.45, 2.75) is 13.0 Å². The summed E-state index contributed by atoms with van der Waals surface area (Å²) in [7, 11) is 3.94. The van der Waals surface area contributed by atoms with Crippen LogP contribution in [0.4, 0.5) is 0 Å². The van der Waals surface area contributed by atoms with Crippen LogP contribution in [0.3, 0.4) is 0 Å². The van der Waals surface area contributed by atoms with Crippen molar-refractivity contribution in [3.8, 4) is 0 Å². The molecule has 0 aliphatic carbocycles. The van der Waals surface area contributed by atoms with Gasteiger partial charge in [0.15, 0.2) is 0 Å². The first-order valence-corrected chi connectivity index (χ1v) is 6.47. The SMILES string of the molecule is CC(CN(C)C)NC(=O)c1cc(Cl)cc(Br)c1. The summed E-state index contributed by atoms with van der Waals surface area (Å²) in [5.41, 5.74) is 0.565. The Hall–Kier alpha value is -0.580. The van der Waals surface area contributed by atoms with Crippen molar-refractivity contribution in [3.05, 3.63) is 33.3 Å². The number of nitrogens with one attached hydrogen (secondary N) is 1. The summed E-state index contributed by atoms with van der Waals surface area (Å²) in [6.45, 7) is 2.77. The van der Waals surface area contributed by atoms with Crippen LogP contribution in [0.1, 0.15) is 17.3 Å². The molecule has 0 spiro atoms. The molecule has 0 bridgehead atoms. The fourth-order valence-corrected chi connectivity index (χ4v) is 2.45. The number of halogens is 2. The van der Waals surface area contributed by atoms with Crippen molar-refractivity contribution in [2.24, 2.45) is 0 Å². The highest BCUT2D eigenvalue weighted by atomic mass is 79.9. The largest absolute Gasteiger partial charge is 0.348 e. The number of carbonyl (C=O) groups is 1. The minimum absolute atomic E-state index is 0.0928. The van der Waals surface area contributed by atoms with E-state index in [1.807, 2.05) is 25.9 Å². The number of carbonyl (C=O) groups excluding carboxylic acids is 1. The molecule has 0 aromatic heterocycles. The zero-order valence-corrected chi connectivity index (χ0v) is 12.5. The van der Waals surface area contributed by atoms with Crippen molar-refractivity contribution < 1.29 is 4.79 Å². The van der Waals surface area contributed by atoms with Gasteiger partial charge >= 0.3 is 0 Å². The molecule has 0 saturated heterocycles. The van der Waals surface area contributed by atoms with Crippen LogP contribution in [-0.2, 0) is 0 Å². The first kappa shape index (κ1) is 14.5. The highest BCUT2D eigenvalue weighted by Gasteiger charge is 2.11. The zero-order valence-electron chi connectivity index (χ0n) is 10.1. The van der Waals surface area contributed by atoms with E-state index in [2.05, 4.69) is 21.2 Å². The minimum Gasteiger partial charge on any atom is -0.348 e. The average molecular weight is 320 g/mol. The van der Waals surface area contributed by atoms with Crippen LogP contribution in [0, 0.1) is 0 Å². The number of benzene rings is 1. The monoisotopic (exact) mass is 318 g/mol. The van der Waals surface area contributed by atoms with Gasteiger partial charge in [0.1, 0.15) is 0 Å². The molecule has 94 valence electrons. The third-order valence-corrected chi connectivity index (χ3v) is 2.82. The Labute approximate surface area is 115 Å². The zero-order chi connectivity index (χ0) is 13.0. The molecule has 0 aliphatic heterocycles. The Bertz CT molecular complexity index is 389. The summed E-state index contributed by atoms with van der Waals surface area (Å²) in [4.78, 5) is 14.0. The van der Waals surface area contributed by atoms with Gasteiger partial charge in [-0.15, -0.1) is 0 Å². The molecular weight excluding hydrogens is 304 g/mol. The topological polar surface area (TPSA) is 32.3 Å². The molecule has 1 amide bonds. The highest BCUT2D eigenvalue weighted by Crippen LogP contribution is 2.19. The predicted molar refractivity (Wildman–Crippen MR) is 74.6 cm³/mol.